The van der Waals surface area contributed by atoms with Gasteiger partial charge < -0.3 is 10.0 Å². The van der Waals surface area contributed by atoms with Crippen LogP contribution >= 0.6 is 23.2 Å². The summed E-state index contributed by atoms with van der Waals surface area (Å²) in [6, 6.07) is 4.23. The second-order valence-electron chi connectivity index (χ2n) is 4.56. The normalized spacial score (nSPS) is 18.7. The molecule has 1 aromatic carbocycles. The number of rotatable bonds is 3. The Balaban J connectivity index is 2.10. The van der Waals surface area contributed by atoms with Gasteiger partial charge in [0.05, 0.1) is 0 Å². The molecule has 0 bridgehead atoms. The Kier molecular flexibility index (Phi) is 4.68. The van der Waals surface area contributed by atoms with Gasteiger partial charge in [0.15, 0.2) is 0 Å². The number of carboxylic acids is 1. The number of aliphatic carboxylic acids is 1. The smallest absolute Gasteiger partial charge is 0.326 e. The zero-order chi connectivity index (χ0) is 14.7. The molecule has 1 atom stereocenters. The molecule has 2 rings (SSSR count). The average Bonchev–Trinajstić information content (AvgIpc) is 2.84. The van der Waals surface area contributed by atoms with Crippen molar-refractivity contribution in [3.8, 4) is 0 Å². The van der Waals surface area contributed by atoms with E-state index >= 15 is 0 Å². The van der Waals surface area contributed by atoms with Crippen LogP contribution in [0, 0.1) is 0 Å². The lowest BCUT2D eigenvalue weighted by Crippen LogP contribution is -2.39. The number of carboxylic acid groups (broad SMARTS) is 1. The molecule has 20 heavy (non-hydrogen) atoms. The van der Waals surface area contributed by atoms with E-state index < -0.39 is 12.0 Å². The number of carbonyl (C=O) groups excluding carboxylic acids is 1. The van der Waals surface area contributed by atoms with Crippen LogP contribution in [0.2, 0.25) is 10.0 Å². The van der Waals surface area contributed by atoms with E-state index in [1.165, 1.54) is 11.0 Å². The Morgan fingerprint density at radius 1 is 1.25 bits per heavy atom. The lowest BCUT2D eigenvalue weighted by molar-refractivity contribution is -0.146. The van der Waals surface area contributed by atoms with Gasteiger partial charge in [-0.15, -0.1) is 0 Å². The van der Waals surface area contributed by atoms with Crippen LogP contribution in [0.15, 0.2) is 24.3 Å². The number of halogens is 2. The minimum Gasteiger partial charge on any atom is -0.480 e. The number of benzene rings is 1. The second kappa shape index (κ2) is 6.29. The summed E-state index contributed by atoms with van der Waals surface area (Å²) in [6.07, 6.45) is 4.14. The molecule has 0 spiro atoms. The van der Waals surface area contributed by atoms with Gasteiger partial charge in [-0.2, -0.15) is 0 Å². The minimum absolute atomic E-state index is 0.314. The molecule has 1 aromatic rings. The molecular formula is C14H13Cl2NO3. The maximum atomic E-state index is 12.0. The molecule has 1 aliphatic rings. The Bertz CT molecular complexity index is 551. The molecule has 1 saturated heterocycles. The average molecular weight is 314 g/mol. The Morgan fingerprint density at radius 2 is 1.90 bits per heavy atom. The second-order valence-corrected chi connectivity index (χ2v) is 5.44. The van der Waals surface area contributed by atoms with Gasteiger partial charge in [-0.3, -0.25) is 4.79 Å². The summed E-state index contributed by atoms with van der Waals surface area (Å²) in [5.41, 5.74) is 0.696. The van der Waals surface area contributed by atoms with Crippen molar-refractivity contribution >= 4 is 41.2 Å². The lowest BCUT2D eigenvalue weighted by atomic mass is 10.2. The third-order valence-corrected chi connectivity index (χ3v) is 3.56. The fourth-order valence-electron chi connectivity index (χ4n) is 2.22. The fourth-order valence-corrected chi connectivity index (χ4v) is 2.76. The molecule has 106 valence electrons. The predicted octanol–water partition coefficient (Wildman–Crippen LogP) is 3.08. The molecule has 0 aromatic heterocycles. The number of hydrogen-bond donors (Lipinski definition) is 1. The highest BCUT2D eigenvalue weighted by molar-refractivity contribution is 6.34. The van der Waals surface area contributed by atoms with Crippen LogP contribution < -0.4 is 0 Å². The number of hydrogen-bond acceptors (Lipinski definition) is 2. The molecule has 0 saturated carbocycles. The van der Waals surface area contributed by atoms with Gasteiger partial charge in [0.25, 0.3) is 0 Å². The van der Waals surface area contributed by atoms with E-state index in [4.69, 9.17) is 28.3 Å². The summed E-state index contributed by atoms with van der Waals surface area (Å²) in [5.74, 6) is -1.28. The monoisotopic (exact) mass is 313 g/mol. The van der Waals surface area contributed by atoms with Crippen molar-refractivity contribution in [2.75, 3.05) is 6.54 Å². The van der Waals surface area contributed by atoms with Crippen molar-refractivity contribution < 1.29 is 14.7 Å². The molecule has 1 N–H and O–H groups in total. The first-order valence-electron chi connectivity index (χ1n) is 6.15. The first kappa shape index (κ1) is 14.9. The van der Waals surface area contributed by atoms with Crippen molar-refractivity contribution in [2.45, 2.75) is 18.9 Å². The van der Waals surface area contributed by atoms with Gasteiger partial charge in [-0.25, -0.2) is 4.79 Å². The largest absolute Gasteiger partial charge is 0.480 e. The predicted molar refractivity (Wildman–Crippen MR) is 77.9 cm³/mol. The summed E-state index contributed by atoms with van der Waals surface area (Å²) in [7, 11) is 0. The van der Waals surface area contributed by atoms with Gasteiger partial charge in [0.2, 0.25) is 5.91 Å². The number of likely N-dealkylation sites (tertiary alicyclic amines) is 1. The highest BCUT2D eigenvalue weighted by Crippen LogP contribution is 2.21. The van der Waals surface area contributed by atoms with Gasteiger partial charge >= 0.3 is 5.97 Å². The van der Waals surface area contributed by atoms with Crippen LogP contribution in [0.1, 0.15) is 18.4 Å². The maximum absolute atomic E-state index is 12.0. The molecule has 1 amide bonds. The van der Waals surface area contributed by atoms with Crippen LogP contribution in [-0.4, -0.2) is 34.5 Å². The number of amides is 1. The first-order valence-corrected chi connectivity index (χ1v) is 6.90. The molecule has 0 aliphatic carbocycles. The summed E-state index contributed by atoms with van der Waals surface area (Å²) in [4.78, 5) is 24.4. The number of carbonyl (C=O) groups is 2. The standard InChI is InChI=1S/C14H13Cl2NO3/c15-10-6-9(7-11(16)8-10)3-4-13(18)17-5-1-2-12(17)14(19)20/h3-4,6-8,12H,1-2,5H2,(H,19,20)/t12-/m1/s1. The molecule has 0 radical (unpaired) electrons. The highest BCUT2D eigenvalue weighted by atomic mass is 35.5. The summed E-state index contributed by atoms with van der Waals surface area (Å²) >= 11 is 11.7. The van der Waals surface area contributed by atoms with E-state index in [2.05, 4.69) is 0 Å². The van der Waals surface area contributed by atoms with Crippen LogP contribution in [-0.2, 0) is 9.59 Å². The Hall–Kier alpha value is -1.52. The summed E-state index contributed by atoms with van der Waals surface area (Å²) < 4.78 is 0. The summed E-state index contributed by atoms with van der Waals surface area (Å²) in [6.45, 7) is 0.469. The van der Waals surface area contributed by atoms with Gasteiger partial charge in [-0.05, 0) is 42.7 Å². The van der Waals surface area contributed by atoms with Crippen molar-refractivity contribution in [3.63, 3.8) is 0 Å². The van der Waals surface area contributed by atoms with Crippen LogP contribution in [0.3, 0.4) is 0 Å². The Morgan fingerprint density at radius 3 is 2.50 bits per heavy atom. The summed E-state index contributed by atoms with van der Waals surface area (Å²) in [5, 5.41) is 10.00. The fraction of sp³-hybridized carbons (Fsp3) is 0.286. The molecule has 6 heteroatoms. The zero-order valence-corrected chi connectivity index (χ0v) is 12.1. The topological polar surface area (TPSA) is 57.6 Å². The molecule has 0 unspecified atom stereocenters. The van der Waals surface area contributed by atoms with Crippen LogP contribution in [0.4, 0.5) is 0 Å². The van der Waals surface area contributed by atoms with Crippen molar-refractivity contribution in [1.82, 2.24) is 4.90 Å². The van der Waals surface area contributed by atoms with Crippen LogP contribution in [0.5, 0.6) is 0 Å². The third-order valence-electron chi connectivity index (χ3n) is 3.12. The van der Waals surface area contributed by atoms with Gasteiger partial charge in [0, 0.05) is 22.7 Å². The third kappa shape index (κ3) is 3.52. The van der Waals surface area contributed by atoms with E-state index in [-0.39, 0.29) is 5.91 Å². The van der Waals surface area contributed by atoms with Crippen molar-refractivity contribution in [1.29, 1.82) is 0 Å². The molecule has 1 aliphatic heterocycles. The van der Waals surface area contributed by atoms with Crippen molar-refractivity contribution in [3.05, 3.63) is 39.9 Å². The number of nitrogens with zero attached hydrogens (tertiary/aromatic N) is 1. The van der Waals surface area contributed by atoms with E-state index in [0.29, 0.717) is 35.0 Å². The molecular weight excluding hydrogens is 301 g/mol. The first-order chi connectivity index (χ1) is 9.47. The highest BCUT2D eigenvalue weighted by Gasteiger charge is 2.32. The molecule has 4 nitrogen and oxygen atoms in total. The van der Waals surface area contributed by atoms with Gasteiger partial charge in [-0.1, -0.05) is 23.2 Å². The molecule has 1 fully saturated rings. The molecule has 1 heterocycles. The maximum Gasteiger partial charge on any atom is 0.326 e. The van der Waals surface area contributed by atoms with Crippen LogP contribution in [0.25, 0.3) is 6.08 Å². The quantitative estimate of drug-likeness (QED) is 0.872. The SMILES string of the molecule is O=C(O)[C@H]1CCCN1C(=O)C=Cc1cc(Cl)cc(Cl)c1. The van der Waals surface area contributed by atoms with Gasteiger partial charge in [0.1, 0.15) is 6.04 Å². The van der Waals surface area contributed by atoms with E-state index in [1.54, 1.807) is 24.3 Å². The van der Waals surface area contributed by atoms with Crippen molar-refractivity contribution in [2.24, 2.45) is 0 Å². The van der Waals surface area contributed by atoms with E-state index in [1.807, 2.05) is 0 Å². The zero-order valence-electron chi connectivity index (χ0n) is 10.6. The van der Waals surface area contributed by atoms with E-state index in [9.17, 15) is 9.59 Å². The lowest BCUT2D eigenvalue weighted by Gasteiger charge is -2.19. The minimum atomic E-state index is -0.963. The van der Waals surface area contributed by atoms with E-state index in [0.717, 1.165) is 0 Å². The Labute approximate surface area is 126 Å².